The third-order valence-corrected chi connectivity index (χ3v) is 4.48. The number of hydrogen-bond acceptors (Lipinski definition) is 4. The van der Waals surface area contributed by atoms with Crippen molar-refractivity contribution >= 4 is 28.7 Å². The molecule has 0 saturated carbocycles. The molecule has 2 heterocycles. The number of anilines is 2. The van der Waals surface area contributed by atoms with Gasteiger partial charge in [-0.1, -0.05) is 36.4 Å². The van der Waals surface area contributed by atoms with Crippen molar-refractivity contribution in [3.63, 3.8) is 0 Å². The van der Waals surface area contributed by atoms with Gasteiger partial charge in [-0.2, -0.15) is 0 Å². The van der Waals surface area contributed by atoms with Crippen LogP contribution in [0.5, 0.6) is 0 Å². The van der Waals surface area contributed by atoms with E-state index in [4.69, 9.17) is 0 Å². The fourth-order valence-corrected chi connectivity index (χ4v) is 3.10. The Balaban J connectivity index is 1.57. The van der Waals surface area contributed by atoms with Gasteiger partial charge in [0.05, 0.1) is 18.3 Å². The third kappa shape index (κ3) is 4.43. The maximum Gasteiger partial charge on any atom is 0.229 e. The Morgan fingerprint density at radius 3 is 2.62 bits per heavy atom. The van der Waals surface area contributed by atoms with Crippen molar-refractivity contribution in [3.05, 3.63) is 76.6 Å². The topological polar surface area (TPSA) is 45.2 Å². The van der Waals surface area contributed by atoms with Crippen LogP contribution in [-0.4, -0.2) is 17.9 Å². The summed E-state index contributed by atoms with van der Waals surface area (Å²) in [5.41, 5.74) is 1.95. The normalized spacial score (nSPS) is 10.4. The van der Waals surface area contributed by atoms with E-state index < -0.39 is 0 Å². The zero-order valence-corrected chi connectivity index (χ0v) is 14.3. The predicted octanol–water partition coefficient (Wildman–Crippen LogP) is 3.96. The van der Waals surface area contributed by atoms with Crippen molar-refractivity contribution in [2.75, 3.05) is 17.3 Å². The van der Waals surface area contributed by atoms with Gasteiger partial charge in [-0.05, 0) is 29.1 Å². The summed E-state index contributed by atoms with van der Waals surface area (Å²) >= 11 is 1.59. The molecule has 0 unspecified atom stereocenters. The number of aromatic nitrogens is 1. The Bertz CT molecular complexity index is 770. The highest BCUT2D eigenvalue weighted by atomic mass is 32.1. The van der Waals surface area contributed by atoms with E-state index in [-0.39, 0.29) is 5.91 Å². The van der Waals surface area contributed by atoms with Crippen LogP contribution in [0, 0.1) is 0 Å². The SMILES string of the molecule is CN(Cc1ccccc1)c1ccc(NC(=O)Cc2cccs2)cn1. The molecular weight excluding hydrogens is 318 g/mol. The summed E-state index contributed by atoms with van der Waals surface area (Å²) in [6, 6.07) is 18.0. The molecule has 0 radical (unpaired) electrons. The van der Waals surface area contributed by atoms with Crippen molar-refractivity contribution in [1.29, 1.82) is 0 Å². The molecule has 3 rings (SSSR count). The molecule has 0 fully saturated rings. The second-order valence-corrected chi connectivity index (χ2v) is 6.58. The summed E-state index contributed by atoms with van der Waals surface area (Å²) in [6.45, 7) is 0.790. The first-order chi connectivity index (χ1) is 11.7. The number of carbonyl (C=O) groups is 1. The average molecular weight is 337 g/mol. The molecule has 0 aliphatic carbocycles. The molecular formula is C19H19N3OS. The molecule has 24 heavy (non-hydrogen) atoms. The van der Waals surface area contributed by atoms with Crippen LogP contribution in [0.3, 0.4) is 0 Å². The summed E-state index contributed by atoms with van der Waals surface area (Å²) in [7, 11) is 2.00. The summed E-state index contributed by atoms with van der Waals surface area (Å²) in [6.07, 6.45) is 2.09. The minimum absolute atomic E-state index is 0.0235. The van der Waals surface area contributed by atoms with E-state index in [1.165, 1.54) is 5.56 Å². The molecule has 2 aromatic heterocycles. The number of nitrogens with one attached hydrogen (secondary N) is 1. The largest absolute Gasteiger partial charge is 0.355 e. The van der Waals surface area contributed by atoms with E-state index >= 15 is 0 Å². The Labute approximate surface area is 145 Å². The van der Waals surface area contributed by atoms with Gasteiger partial charge in [0.15, 0.2) is 0 Å². The van der Waals surface area contributed by atoms with Gasteiger partial charge in [0.2, 0.25) is 5.91 Å². The minimum atomic E-state index is -0.0235. The second kappa shape index (κ2) is 7.75. The number of pyridine rings is 1. The maximum absolute atomic E-state index is 12.0. The highest BCUT2D eigenvalue weighted by molar-refractivity contribution is 7.10. The number of rotatable bonds is 6. The number of nitrogens with zero attached hydrogens (tertiary/aromatic N) is 2. The molecule has 5 heteroatoms. The molecule has 4 nitrogen and oxygen atoms in total. The fraction of sp³-hybridized carbons (Fsp3) is 0.158. The van der Waals surface area contributed by atoms with Crippen LogP contribution < -0.4 is 10.2 Å². The zero-order valence-electron chi connectivity index (χ0n) is 13.5. The number of benzene rings is 1. The Morgan fingerprint density at radius 1 is 1.12 bits per heavy atom. The van der Waals surface area contributed by atoms with Gasteiger partial charge in [0, 0.05) is 18.5 Å². The van der Waals surface area contributed by atoms with E-state index in [0.717, 1.165) is 17.2 Å². The molecule has 0 aliphatic heterocycles. The standard InChI is InChI=1S/C19H19N3OS/c1-22(14-15-6-3-2-4-7-15)18-10-9-16(13-20-18)21-19(23)12-17-8-5-11-24-17/h2-11,13H,12,14H2,1H3,(H,21,23). The molecule has 3 aromatic rings. The molecule has 122 valence electrons. The van der Waals surface area contributed by atoms with Gasteiger partial charge in [0.25, 0.3) is 0 Å². The molecule has 0 saturated heterocycles. The third-order valence-electron chi connectivity index (χ3n) is 3.60. The number of carbonyl (C=O) groups excluding carboxylic acids is 1. The zero-order chi connectivity index (χ0) is 16.8. The molecule has 1 N–H and O–H groups in total. The van der Waals surface area contributed by atoms with Crippen molar-refractivity contribution in [2.45, 2.75) is 13.0 Å². The fourth-order valence-electron chi connectivity index (χ4n) is 2.40. The van der Waals surface area contributed by atoms with Gasteiger partial charge in [-0.15, -0.1) is 11.3 Å². The van der Waals surface area contributed by atoms with E-state index in [1.54, 1.807) is 17.5 Å². The highest BCUT2D eigenvalue weighted by Gasteiger charge is 2.07. The molecule has 0 bridgehead atoms. The molecule has 1 amide bonds. The van der Waals surface area contributed by atoms with Crippen LogP contribution in [-0.2, 0) is 17.8 Å². The smallest absolute Gasteiger partial charge is 0.229 e. The lowest BCUT2D eigenvalue weighted by Gasteiger charge is -2.18. The van der Waals surface area contributed by atoms with Crippen LogP contribution in [0.15, 0.2) is 66.2 Å². The lowest BCUT2D eigenvalue weighted by Crippen LogP contribution is -2.18. The lowest BCUT2D eigenvalue weighted by molar-refractivity contribution is -0.115. The van der Waals surface area contributed by atoms with Crippen molar-refractivity contribution in [2.24, 2.45) is 0 Å². The van der Waals surface area contributed by atoms with Crippen LogP contribution in [0.4, 0.5) is 11.5 Å². The first kappa shape index (κ1) is 16.2. The average Bonchev–Trinajstić information content (AvgIpc) is 3.09. The van der Waals surface area contributed by atoms with E-state index in [1.807, 2.05) is 54.9 Å². The molecule has 0 atom stereocenters. The van der Waals surface area contributed by atoms with Gasteiger partial charge in [-0.25, -0.2) is 4.98 Å². The van der Waals surface area contributed by atoms with E-state index in [0.29, 0.717) is 12.1 Å². The first-order valence-electron chi connectivity index (χ1n) is 7.74. The Morgan fingerprint density at radius 2 is 1.96 bits per heavy atom. The van der Waals surface area contributed by atoms with Crippen molar-refractivity contribution < 1.29 is 4.79 Å². The lowest BCUT2D eigenvalue weighted by atomic mass is 10.2. The van der Waals surface area contributed by atoms with Gasteiger partial charge < -0.3 is 10.2 Å². The van der Waals surface area contributed by atoms with Crippen LogP contribution in [0.2, 0.25) is 0 Å². The van der Waals surface area contributed by atoms with Crippen LogP contribution >= 0.6 is 11.3 Å². The van der Waals surface area contributed by atoms with Crippen molar-refractivity contribution in [3.8, 4) is 0 Å². The predicted molar refractivity (Wildman–Crippen MR) is 99.4 cm³/mol. The minimum Gasteiger partial charge on any atom is -0.355 e. The van der Waals surface area contributed by atoms with Gasteiger partial charge >= 0.3 is 0 Å². The molecule has 0 aliphatic rings. The second-order valence-electron chi connectivity index (χ2n) is 5.55. The monoisotopic (exact) mass is 337 g/mol. The molecule has 0 spiro atoms. The van der Waals surface area contributed by atoms with Crippen molar-refractivity contribution in [1.82, 2.24) is 4.98 Å². The van der Waals surface area contributed by atoms with Gasteiger partial charge in [0.1, 0.15) is 5.82 Å². The Hall–Kier alpha value is -2.66. The van der Waals surface area contributed by atoms with E-state index in [9.17, 15) is 4.79 Å². The number of thiophene rings is 1. The van der Waals surface area contributed by atoms with E-state index in [2.05, 4.69) is 27.3 Å². The van der Waals surface area contributed by atoms with Crippen LogP contribution in [0.25, 0.3) is 0 Å². The highest BCUT2D eigenvalue weighted by Crippen LogP contribution is 2.16. The summed E-state index contributed by atoms with van der Waals surface area (Å²) in [5.74, 6) is 0.847. The Kier molecular flexibility index (Phi) is 5.23. The number of amides is 1. The number of hydrogen-bond donors (Lipinski definition) is 1. The quantitative estimate of drug-likeness (QED) is 0.740. The summed E-state index contributed by atoms with van der Waals surface area (Å²) in [5, 5.41) is 4.86. The first-order valence-corrected chi connectivity index (χ1v) is 8.62. The summed E-state index contributed by atoms with van der Waals surface area (Å²) < 4.78 is 0. The van der Waals surface area contributed by atoms with Gasteiger partial charge in [-0.3, -0.25) is 4.79 Å². The summed E-state index contributed by atoms with van der Waals surface area (Å²) in [4.78, 5) is 19.6. The molecule has 1 aromatic carbocycles. The van der Waals surface area contributed by atoms with Crippen LogP contribution in [0.1, 0.15) is 10.4 Å². The maximum atomic E-state index is 12.0.